The summed E-state index contributed by atoms with van der Waals surface area (Å²) in [5.74, 6) is 5.51. The Morgan fingerprint density at radius 3 is 2.62 bits per heavy atom. The first-order valence-corrected chi connectivity index (χ1v) is 10.8. The number of hydrogen-bond donors (Lipinski definition) is 1. The van der Waals surface area contributed by atoms with Gasteiger partial charge in [-0.2, -0.15) is 4.36 Å². The average Bonchev–Trinajstić information content (AvgIpc) is 3.21. The first kappa shape index (κ1) is 18.7. The van der Waals surface area contributed by atoms with E-state index in [2.05, 4.69) is 26.2 Å². The zero-order valence-corrected chi connectivity index (χ0v) is 16.4. The molecule has 0 aliphatic rings. The van der Waals surface area contributed by atoms with Gasteiger partial charge in [-0.3, -0.25) is 9.78 Å². The summed E-state index contributed by atoms with van der Waals surface area (Å²) in [6.07, 6.45) is 6.32. The van der Waals surface area contributed by atoms with E-state index < -0.39 is 15.6 Å². The highest BCUT2D eigenvalue weighted by Gasteiger charge is 2.11. The van der Waals surface area contributed by atoms with Crippen molar-refractivity contribution in [2.75, 3.05) is 6.26 Å². The normalized spacial score (nSPS) is 12.6. The summed E-state index contributed by atoms with van der Waals surface area (Å²) in [6, 6.07) is 18.2. The number of fused-ring (bicyclic) bond motifs is 1. The number of nitrogens with zero attached hydrogens (tertiary/aromatic N) is 2. The first-order chi connectivity index (χ1) is 14.0. The molecule has 5 nitrogen and oxygen atoms in total. The van der Waals surface area contributed by atoms with Crippen molar-refractivity contribution < 1.29 is 9.00 Å². The molecule has 2 aromatic carbocycles. The highest BCUT2D eigenvalue weighted by atomic mass is 32.2. The second kappa shape index (κ2) is 7.74. The third kappa shape index (κ3) is 4.26. The van der Waals surface area contributed by atoms with Crippen molar-refractivity contribution >= 4 is 26.5 Å². The standard InChI is InChI=1S/C23H17N3O2S/c1-29(28,21-5-3-2-4-6-21)26-23(27)20-13-18(15-24-16-20)8-7-17-9-10-19-11-12-25-22(19)14-17/h2-6,9-16,25H,1H3. The summed E-state index contributed by atoms with van der Waals surface area (Å²) in [5.41, 5.74) is 2.69. The predicted octanol–water partition coefficient (Wildman–Crippen LogP) is 4.26. The summed E-state index contributed by atoms with van der Waals surface area (Å²) < 4.78 is 16.7. The number of H-pyrrole nitrogens is 1. The summed E-state index contributed by atoms with van der Waals surface area (Å²) in [5, 5.41) is 1.12. The van der Waals surface area contributed by atoms with Crippen molar-refractivity contribution in [3.63, 3.8) is 0 Å². The highest BCUT2D eigenvalue weighted by molar-refractivity contribution is 7.93. The Hall–Kier alpha value is -3.69. The third-order valence-electron chi connectivity index (χ3n) is 4.33. The number of carbonyl (C=O) groups is 1. The molecular weight excluding hydrogens is 382 g/mol. The molecule has 2 aromatic heterocycles. The molecule has 0 fully saturated rings. The first-order valence-electron chi connectivity index (χ1n) is 8.87. The van der Waals surface area contributed by atoms with Crippen LogP contribution in [0, 0.1) is 11.8 Å². The minimum atomic E-state index is -2.83. The van der Waals surface area contributed by atoms with Crippen molar-refractivity contribution in [3.05, 3.63) is 95.9 Å². The number of carbonyl (C=O) groups excluding carboxylic acids is 1. The van der Waals surface area contributed by atoms with E-state index in [1.807, 2.05) is 36.5 Å². The minimum absolute atomic E-state index is 0.252. The molecule has 1 atom stereocenters. The van der Waals surface area contributed by atoms with Gasteiger partial charge in [-0.1, -0.05) is 36.1 Å². The van der Waals surface area contributed by atoms with Crippen LogP contribution >= 0.6 is 0 Å². The van der Waals surface area contributed by atoms with E-state index in [1.54, 1.807) is 36.5 Å². The molecule has 0 aliphatic heterocycles. The maximum Gasteiger partial charge on any atom is 0.286 e. The molecule has 0 saturated heterocycles. The lowest BCUT2D eigenvalue weighted by Gasteiger charge is -2.03. The maximum absolute atomic E-state index is 12.8. The Balaban J connectivity index is 1.61. The minimum Gasteiger partial charge on any atom is -0.361 e. The molecule has 1 N–H and O–H groups in total. The van der Waals surface area contributed by atoms with E-state index >= 15 is 0 Å². The van der Waals surface area contributed by atoms with E-state index in [-0.39, 0.29) is 5.56 Å². The van der Waals surface area contributed by atoms with Gasteiger partial charge in [0, 0.05) is 46.4 Å². The second-order valence-electron chi connectivity index (χ2n) is 6.50. The Morgan fingerprint density at radius 2 is 1.79 bits per heavy atom. The lowest BCUT2D eigenvalue weighted by Crippen LogP contribution is -2.04. The average molecular weight is 399 g/mol. The van der Waals surface area contributed by atoms with Crippen LogP contribution in [0.5, 0.6) is 0 Å². The van der Waals surface area contributed by atoms with Crippen LogP contribution in [0.1, 0.15) is 21.5 Å². The van der Waals surface area contributed by atoms with E-state index in [1.165, 1.54) is 12.5 Å². The molecule has 142 valence electrons. The van der Waals surface area contributed by atoms with Gasteiger partial charge < -0.3 is 4.98 Å². The van der Waals surface area contributed by atoms with E-state index in [0.29, 0.717) is 10.5 Å². The smallest absolute Gasteiger partial charge is 0.286 e. The number of rotatable bonds is 2. The van der Waals surface area contributed by atoms with Crippen LogP contribution in [0.2, 0.25) is 0 Å². The number of pyridine rings is 1. The van der Waals surface area contributed by atoms with Crippen molar-refractivity contribution in [2.45, 2.75) is 4.90 Å². The van der Waals surface area contributed by atoms with Gasteiger partial charge in [0.15, 0.2) is 0 Å². The van der Waals surface area contributed by atoms with Gasteiger partial charge in [0.05, 0.1) is 15.3 Å². The molecule has 0 bridgehead atoms. The van der Waals surface area contributed by atoms with Crippen LogP contribution in [-0.2, 0) is 9.73 Å². The SMILES string of the molecule is CS(=O)(=NC(=O)c1cncc(C#Cc2ccc3cc[nH]c3c2)c1)c1ccccc1. The highest BCUT2D eigenvalue weighted by Crippen LogP contribution is 2.15. The quantitative estimate of drug-likeness (QED) is 0.512. The van der Waals surface area contributed by atoms with Gasteiger partial charge in [0.2, 0.25) is 0 Å². The van der Waals surface area contributed by atoms with Gasteiger partial charge in [-0.15, -0.1) is 0 Å². The van der Waals surface area contributed by atoms with Crippen molar-refractivity contribution in [1.82, 2.24) is 9.97 Å². The monoisotopic (exact) mass is 399 g/mol. The molecule has 6 heteroatoms. The predicted molar refractivity (Wildman–Crippen MR) is 114 cm³/mol. The Labute approximate surface area is 169 Å². The van der Waals surface area contributed by atoms with Crippen LogP contribution < -0.4 is 0 Å². The lowest BCUT2D eigenvalue weighted by molar-refractivity contribution is 0.100. The number of benzene rings is 2. The topological polar surface area (TPSA) is 75.2 Å². The van der Waals surface area contributed by atoms with E-state index in [9.17, 15) is 9.00 Å². The zero-order valence-electron chi connectivity index (χ0n) is 15.6. The zero-order chi connectivity index (χ0) is 20.3. The molecule has 1 amide bonds. The summed E-state index contributed by atoms with van der Waals surface area (Å²) in [6.45, 7) is 0. The fourth-order valence-corrected chi connectivity index (χ4v) is 4.02. The van der Waals surface area contributed by atoms with E-state index in [4.69, 9.17) is 0 Å². The van der Waals surface area contributed by atoms with Crippen LogP contribution in [0.3, 0.4) is 0 Å². The number of amides is 1. The maximum atomic E-state index is 12.8. The summed E-state index contributed by atoms with van der Waals surface area (Å²) >= 11 is 0. The van der Waals surface area contributed by atoms with Crippen molar-refractivity contribution in [1.29, 1.82) is 0 Å². The number of hydrogen-bond acceptors (Lipinski definition) is 3. The van der Waals surface area contributed by atoms with Gasteiger partial charge in [0.1, 0.15) is 0 Å². The summed E-state index contributed by atoms with van der Waals surface area (Å²) in [4.78, 5) is 20.3. The molecule has 4 rings (SSSR count). The number of nitrogens with one attached hydrogen (secondary N) is 1. The van der Waals surface area contributed by atoms with Crippen LogP contribution in [-0.4, -0.2) is 26.3 Å². The van der Waals surface area contributed by atoms with Gasteiger partial charge in [-0.25, -0.2) is 4.21 Å². The lowest BCUT2D eigenvalue weighted by atomic mass is 10.1. The van der Waals surface area contributed by atoms with Crippen LogP contribution in [0.15, 0.2) is 88.5 Å². The Bertz CT molecular complexity index is 1390. The molecule has 0 radical (unpaired) electrons. The molecule has 0 aliphatic carbocycles. The molecule has 4 aromatic rings. The number of aromatic nitrogens is 2. The fraction of sp³-hybridized carbons (Fsp3) is 0.0435. The van der Waals surface area contributed by atoms with Crippen molar-refractivity contribution in [2.24, 2.45) is 4.36 Å². The van der Waals surface area contributed by atoms with Gasteiger partial charge in [-0.05, 0) is 41.8 Å². The number of aromatic amines is 1. The Morgan fingerprint density at radius 1 is 1.00 bits per heavy atom. The molecule has 0 saturated carbocycles. The molecular formula is C23H17N3O2S. The molecule has 0 spiro atoms. The van der Waals surface area contributed by atoms with Gasteiger partial charge in [0.25, 0.3) is 5.91 Å². The molecule has 29 heavy (non-hydrogen) atoms. The summed E-state index contributed by atoms with van der Waals surface area (Å²) in [7, 11) is -2.83. The third-order valence-corrected chi connectivity index (χ3v) is 5.99. The van der Waals surface area contributed by atoms with Crippen LogP contribution in [0.4, 0.5) is 0 Å². The molecule has 1 unspecified atom stereocenters. The van der Waals surface area contributed by atoms with Crippen LogP contribution in [0.25, 0.3) is 10.9 Å². The van der Waals surface area contributed by atoms with E-state index in [0.717, 1.165) is 16.5 Å². The Kier molecular flexibility index (Phi) is 4.98. The largest absolute Gasteiger partial charge is 0.361 e. The molecule has 2 heterocycles. The second-order valence-corrected chi connectivity index (χ2v) is 8.76. The van der Waals surface area contributed by atoms with Gasteiger partial charge >= 0.3 is 0 Å². The fourth-order valence-electron chi connectivity index (χ4n) is 2.83. The van der Waals surface area contributed by atoms with Crippen molar-refractivity contribution in [3.8, 4) is 11.8 Å².